The van der Waals surface area contributed by atoms with Gasteiger partial charge in [-0.3, -0.25) is 4.79 Å². The van der Waals surface area contributed by atoms with E-state index in [-0.39, 0.29) is 6.17 Å². The van der Waals surface area contributed by atoms with E-state index in [1.807, 2.05) is 19.1 Å². The Morgan fingerprint density at radius 1 is 1.04 bits per heavy atom. The Labute approximate surface area is 142 Å². The van der Waals surface area contributed by atoms with Gasteiger partial charge >= 0.3 is 0 Å². The zero-order valence-electron chi connectivity index (χ0n) is 14.4. The molecule has 0 aliphatic carbocycles. The van der Waals surface area contributed by atoms with Crippen molar-refractivity contribution < 1.29 is 9.53 Å². The molecule has 0 aromatic heterocycles. The maximum atomic E-state index is 11.1. The molecule has 1 heterocycles. The van der Waals surface area contributed by atoms with Gasteiger partial charge in [0.1, 0.15) is 11.9 Å². The fourth-order valence-corrected chi connectivity index (χ4v) is 3.22. The van der Waals surface area contributed by atoms with Gasteiger partial charge in [-0.25, -0.2) is 0 Å². The Morgan fingerprint density at radius 2 is 1.75 bits per heavy atom. The number of allylic oxidation sites excluding steroid dienone is 2. The number of ether oxygens (including phenoxy) is 1. The van der Waals surface area contributed by atoms with E-state index < -0.39 is 0 Å². The zero-order valence-corrected chi connectivity index (χ0v) is 14.4. The van der Waals surface area contributed by atoms with Gasteiger partial charge in [0.25, 0.3) is 0 Å². The van der Waals surface area contributed by atoms with Gasteiger partial charge in [0.05, 0.1) is 12.8 Å². The Kier molecular flexibility index (Phi) is 4.30. The number of methoxy groups -OCH3 is 1. The minimum Gasteiger partial charge on any atom is -0.496 e. The number of aryl methyl sites for hydroxylation is 2. The lowest BCUT2D eigenvalue weighted by molar-refractivity contribution is -0.105. The summed E-state index contributed by atoms with van der Waals surface area (Å²) in [5, 5.41) is 6.52. The smallest absolute Gasteiger partial charge is 0.167 e. The number of nitrogens with one attached hydrogen (secondary N) is 2. The number of aldehydes is 1. The number of benzene rings is 2. The standard InChI is InChI=1S/C20H22N2O2/c1-12-6-5-7-13(2)19(12)16-10-15(8-9-18(16)24-4)20-21-14(3)17(11-23)22-20/h5-11,20-22H,1-4H3. The zero-order chi connectivity index (χ0) is 17.3. The predicted octanol–water partition coefficient (Wildman–Crippen LogP) is 3.60. The van der Waals surface area contributed by atoms with Gasteiger partial charge in [0.15, 0.2) is 6.29 Å². The van der Waals surface area contributed by atoms with E-state index in [9.17, 15) is 4.79 Å². The summed E-state index contributed by atoms with van der Waals surface area (Å²) in [5.41, 5.74) is 7.19. The van der Waals surface area contributed by atoms with E-state index >= 15 is 0 Å². The van der Waals surface area contributed by atoms with Gasteiger partial charge in [-0.1, -0.05) is 24.3 Å². The first-order valence-electron chi connectivity index (χ1n) is 7.98. The number of rotatable bonds is 4. The maximum Gasteiger partial charge on any atom is 0.167 e. The summed E-state index contributed by atoms with van der Waals surface area (Å²) in [5.74, 6) is 0.842. The SMILES string of the molecule is COc1ccc(C2NC(C)=C(C=O)N2)cc1-c1c(C)cccc1C. The van der Waals surface area contributed by atoms with Crippen molar-refractivity contribution in [2.75, 3.05) is 7.11 Å². The molecule has 0 bridgehead atoms. The van der Waals surface area contributed by atoms with Crippen LogP contribution in [0, 0.1) is 13.8 Å². The number of hydrogen-bond donors (Lipinski definition) is 2. The molecule has 3 rings (SSSR count). The fourth-order valence-electron chi connectivity index (χ4n) is 3.22. The van der Waals surface area contributed by atoms with E-state index in [0.29, 0.717) is 5.70 Å². The molecule has 0 fully saturated rings. The van der Waals surface area contributed by atoms with E-state index in [1.165, 1.54) is 16.7 Å². The monoisotopic (exact) mass is 322 g/mol. The van der Waals surface area contributed by atoms with Crippen LogP contribution in [-0.4, -0.2) is 13.4 Å². The van der Waals surface area contributed by atoms with Crippen LogP contribution in [0.3, 0.4) is 0 Å². The Bertz CT molecular complexity index is 804. The summed E-state index contributed by atoms with van der Waals surface area (Å²) >= 11 is 0. The second kappa shape index (κ2) is 6.40. The lowest BCUT2D eigenvalue weighted by Crippen LogP contribution is -2.23. The lowest BCUT2D eigenvalue weighted by Gasteiger charge is -2.19. The number of carbonyl (C=O) groups is 1. The average Bonchev–Trinajstić information content (AvgIpc) is 2.95. The van der Waals surface area contributed by atoms with Crippen molar-refractivity contribution in [1.82, 2.24) is 10.6 Å². The second-order valence-corrected chi connectivity index (χ2v) is 6.10. The molecule has 0 saturated carbocycles. The minimum absolute atomic E-state index is 0.112. The molecule has 0 spiro atoms. The molecule has 2 aromatic carbocycles. The molecule has 4 heteroatoms. The van der Waals surface area contributed by atoms with E-state index in [4.69, 9.17) is 4.74 Å². The molecule has 0 radical (unpaired) electrons. The van der Waals surface area contributed by atoms with Crippen LogP contribution in [0.25, 0.3) is 11.1 Å². The molecule has 1 aliphatic rings. The molecule has 4 nitrogen and oxygen atoms in total. The topological polar surface area (TPSA) is 50.4 Å². The van der Waals surface area contributed by atoms with E-state index in [2.05, 4.69) is 48.7 Å². The van der Waals surface area contributed by atoms with Gasteiger partial charge < -0.3 is 15.4 Å². The first-order valence-corrected chi connectivity index (χ1v) is 7.98. The molecule has 124 valence electrons. The maximum absolute atomic E-state index is 11.1. The van der Waals surface area contributed by atoms with E-state index in [1.54, 1.807) is 7.11 Å². The molecule has 2 N–H and O–H groups in total. The summed E-state index contributed by atoms with van der Waals surface area (Å²) in [7, 11) is 1.69. The van der Waals surface area contributed by atoms with Gasteiger partial charge in [-0.2, -0.15) is 0 Å². The summed E-state index contributed by atoms with van der Waals surface area (Å²) in [6.07, 6.45) is 0.734. The average molecular weight is 322 g/mol. The van der Waals surface area contributed by atoms with Crippen LogP contribution < -0.4 is 15.4 Å². The Morgan fingerprint density at radius 3 is 2.33 bits per heavy atom. The highest BCUT2D eigenvalue weighted by atomic mass is 16.5. The summed E-state index contributed by atoms with van der Waals surface area (Å²) in [6, 6.07) is 12.4. The second-order valence-electron chi connectivity index (χ2n) is 6.10. The van der Waals surface area contributed by atoms with Gasteiger partial charge in [-0.05, 0) is 55.2 Å². The number of carbonyl (C=O) groups excluding carboxylic acids is 1. The van der Waals surface area contributed by atoms with Crippen molar-refractivity contribution in [3.63, 3.8) is 0 Å². The fraction of sp³-hybridized carbons (Fsp3) is 0.250. The van der Waals surface area contributed by atoms with Crippen molar-refractivity contribution >= 4 is 6.29 Å². The molecule has 1 unspecified atom stereocenters. The van der Waals surface area contributed by atoms with E-state index in [0.717, 1.165) is 28.9 Å². The minimum atomic E-state index is -0.112. The highest BCUT2D eigenvalue weighted by Crippen LogP contribution is 2.36. The summed E-state index contributed by atoms with van der Waals surface area (Å²) in [6.45, 7) is 6.11. The van der Waals surface area contributed by atoms with Crippen molar-refractivity contribution in [3.05, 3.63) is 64.5 Å². The van der Waals surface area contributed by atoms with Crippen molar-refractivity contribution in [2.45, 2.75) is 26.9 Å². The van der Waals surface area contributed by atoms with Gasteiger partial charge in [0, 0.05) is 11.3 Å². The van der Waals surface area contributed by atoms with Crippen LogP contribution in [0.5, 0.6) is 5.75 Å². The van der Waals surface area contributed by atoms with Crippen molar-refractivity contribution in [1.29, 1.82) is 0 Å². The van der Waals surface area contributed by atoms with Gasteiger partial charge in [0.2, 0.25) is 0 Å². The van der Waals surface area contributed by atoms with Crippen LogP contribution in [0.15, 0.2) is 47.8 Å². The first-order chi connectivity index (χ1) is 11.5. The van der Waals surface area contributed by atoms with Crippen LogP contribution >= 0.6 is 0 Å². The third-order valence-corrected chi connectivity index (χ3v) is 4.49. The molecule has 1 aliphatic heterocycles. The summed E-state index contributed by atoms with van der Waals surface area (Å²) < 4.78 is 5.58. The molecule has 0 saturated heterocycles. The Balaban J connectivity index is 2.06. The van der Waals surface area contributed by atoms with Crippen molar-refractivity contribution in [2.24, 2.45) is 0 Å². The third kappa shape index (κ3) is 2.75. The number of hydrogen-bond acceptors (Lipinski definition) is 4. The molecule has 2 aromatic rings. The highest BCUT2D eigenvalue weighted by Gasteiger charge is 2.22. The van der Waals surface area contributed by atoms with Crippen LogP contribution in [0.2, 0.25) is 0 Å². The van der Waals surface area contributed by atoms with Crippen LogP contribution in [0.4, 0.5) is 0 Å². The normalized spacial score (nSPS) is 16.6. The predicted molar refractivity (Wildman–Crippen MR) is 95.7 cm³/mol. The quantitative estimate of drug-likeness (QED) is 0.845. The third-order valence-electron chi connectivity index (χ3n) is 4.49. The first kappa shape index (κ1) is 16.1. The molecule has 24 heavy (non-hydrogen) atoms. The van der Waals surface area contributed by atoms with Crippen molar-refractivity contribution in [3.8, 4) is 16.9 Å². The lowest BCUT2D eigenvalue weighted by atomic mass is 9.93. The largest absolute Gasteiger partial charge is 0.496 e. The molecular formula is C20H22N2O2. The van der Waals surface area contributed by atoms with Crippen LogP contribution in [0.1, 0.15) is 29.8 Å². The Hall–Kier alpha value is -2.75. The van der Waals surface area contributed by atoms with Gasteiger partial charge in [-0.15, -0.1) is 0 Å². The van der Waals surface area contributed by atoms with Crippen LogP contribution in [-0.2, 0) is 4.79 Å². The highest BCUT2D eigenvalue weighted by molar-refractivity contribution is 5.77. The summed E-state index contributed by atoms with van der Waals surface area (Å²) in [4.78, 5) is 11.1. The molecule has 1 atom stereocenters. The molecule has 0 amide bonds. The molecular weight excluding hydrogens is 300 g/mol.